The van der Waals surface area contributed by atoms with Crippen LogP contribution in [-0.4, -0.2) is 26.1 Å². The van der Waals surface area contributed by atoms with Crippen LogP contribution in [0.4, 0.5) is 5.69 Å². The molecule has 1 amide bonds. The highest BCUT2D eigenvalue weighted by Crippen LogP contribution is 2.39. The number of thioether (sulfide) groups is 1. The Balaban J connectivity index is 1.89. The Morgan fingerprint density at radius 3 is 2.83 bits per heavy atom. The molecule has 1 unspecified atom stereocenters. The van der Waals surface area contributed by atoms with Gasteiger partial charge in [-0.3, -0.25) is 4.79 Å². The molecule has 0 saturated heterocycles. The molecule has 5 nitrogen and oxygen atoms in total. The van der Waals surface area contributed by atoms with Gasteiger partial charge in [0.05, 0.1) is 10.6 Å². The summed E-state index contributed by atoms with van der Waals surface area (Å²) in [6.45, 7) is 4.40. The zero-order valence-corrected chi connectivity index (χ0v) is 15.8. The number of anilines is 1. The van der Waals surface area contributed by atoms with Crippen molar-refractivity contribution in [2.75, 3.05) is 11.4 Å². The number of carbonyl (C=O) groups is 1. The highest BCUT2D eigenvalue weighted by atomic mass is 32.2. The van der Waals surface area contributed by atoms with Gasteiger partial charge in [0.1, 0.15) is 0 Å². The zero-order chi connectivity index (χ0) is 17.3. The highest BCUT2D eigenvalue weighted by molar-refractivity contribution is 8.00. The van der Waals surface area contributed by atoms with Gasteiger partial charge in [-0.25, -0.2) is 13.1 Å². The van der Waals surface area contributed by atoms with E-state index in [0.717, 1.165) is 9.77 Å². The van der Waals surface area contributed by atoms with Crippen molar-refractivity contribution in [1.82, 2.24) is 4.72 Å². The average Bonchev–Trinajstić information content (AvgIpc) is 3.05. The SMILES string of the molecule is CC(=O)N1CC(C)Sc2ccc(S(=O)(=O)NCc3cccs3)cc21. The summed E-state index contributed by atoms with van der Waals surface area (Å²) in [4.78, 5) is 15.6. The van der Waals surface area contributed by atoms with Crippen molar-refractivity contribution in [3.63, 3.8) is 0 Å². The van der Waals surface area contributed by atoms with Crippen LogP contribution in [0, 0.1) is 0 Å². The molecule has 1 atom stereocenters. The fourth-order valence-electron chi connectivity index (χ4n) is 2.55. The molecule has 1 aliphatic heterocycles. The number of rotatable bonds is 4. The van der Waals surface area contributed by atoms with Crippen molar-refractivity contribution in [2.24, 2.45) is 0 Å². The minimum absolute atomic E-state index is 0.0792. The molecule has 8 heteroatoms. The maximum atomic E-state index is 12.5. The number of amides is 1. The van der Waals surface area contributed by atoms with Crippen LogP contribution in [0.5, 0.6) is 0 Å². The molecule has 24 heavy (non-hydrogen) atoms. The van der Waals surface area contributed by atoms with Gasteiger partial charge in [0.25, 0.3) is 0 Å². The maximum Gasteiger partial charge on any atom is 0.240 e. The van der Waals surface area contributed by atoms with Gasteiger partial charge in [0.2, 0.25) is 15.9 Å². The standard InChI is InChI=1S/C16H18N2O3S3/c1-11-10-18(12(2)19)15-8-14(5-6-16(15)23-11)24(20,21)17-9-13-4-3-7-22-13/h3-8,11,17H,9-10H2,1-2H3. The van der Waals surface area contributed by atoms with E-state index >= 15 is 0 Å². The molecule has 0 bridgehead atoms. The Kier molecular flexibility index (Phi) is 5.00. The molecule has 1 aliphatic rings. The van der Waals surface area contributed by atoms with Gasteiger partial charge in [-0.2, -0.15) is 0 Å². The van der Waals surface area contributed by atoms with Crippen LogP contribution < -0.4 is 9.62 Å². The Hall–Kier alpha value is -1.35. The van der Waals surface area contributed by atoms with Gasteiger partial charge in [-0.1, -0.05) is 13.0 Å². The first-order valence-electron chi connectivity index (χ1n) is 7.47. The molecule has 1 N–H and O–H groups in total. The molecule has 2 aromatic rings. The number of nitrogens with one attached hydrogen (secondary N) is 1. The van der Waals surface area contributed by atoms with Gasteiger partial charge >= 0.3 is 0 Å². The fourth-order valence-corrected chi connectivity index (χ4v) is 5.40. The second-order valence-electron chi connectivity index (χ2n) is 5.59. The number of fused-ring (bicyclic) bond motifs is 1. The summed E-state index contributed by atoms with van der Waals surface area (Å²) < 4.78 is 27.7. The number of hydrogen-bond acceptors (Lipinski definition) is 5. The zero-order valence-electron chi connectivity index (χ0n) is 13.4. The first kappa shape index (κ1) is 17.5. The second kappa shape index (κ2) is 6.87. The second-order valence-corrected chi connectivity index (χ2v) is 9.87. The number of thiophene rings is 1. The number of carbonyl (C=O) groups excluding carboxylic acids is 1. The van der Waals surface area contributed by atoms with Crippen LogP contribution >= 0.6 is 23.1 Å². The fraction of sp³-hybridized carbons (Fsp3) is 0.312. The number of sulfonamides is 1. The highest BCUT2D eigenvalue weighted by Gasteiger charge is 2.27. The molecule has 1 aromatic heterocycles. The summed E-state index contributed by atoms with van der Waals surface area (Å²) in [6.07, 6.45) is 0. The third kappa shape index (κ3) is 3.66. The summed E-state index contributed by atoms with van der Waals surface area (Å²) in [7, 11) is -3.62. The summed E-state index contributed by atoms with van der Waals surface area (Å²) in [5.41, 5.74) is 0.671. The smallest absolute Gasteiger partial charge is 0.240 e. The van der Waals surface area contributed by atoms with Crippen LogP contribution in [-0.2, 0) is 21.4 Å². The van der Waals surface area contributed by atoms with E-state index in [1.165, 1.54) is 18.3 Å². The van der Waals surface area contributed by atoms with E-state index in [2.05, 4.69) is 11.6 Å². The van der Waals surface area contributed by atoms with Gasteiger partial charge in [-0.15, -0.1) is 23.1 Å². The van der Waals surface area contributed by atoms with Crippen LogP contribution in [0.2, 0.25) is 0 Å². The van der Waals surface area contributed by atoms with E-state index in [1.807, 2.05) is 17.5 Å². The minimum Gasteiger partial charge on any atom is -0.310 e. The van der Waals surface area contributed by atoms with E-state index in [4.69, 9.17) is 0 Å². The van der Waals surface area contributed by atoms with Crippen molar-refractivity contribution in [3.8, 4) is 0 Å². The number of benzene rings is 1. The first-order valence-corrected chi connectivity index (χ1v) is 10.7. The quantitative estimate of drug-likeness (QED) is 0.882. The molecule has 0 spiro atoms. The molecule has 0 fully saturated rings. The molecule has 0 radical (unpaired) electrons. The van der Waals surface area contributed by atoms with E-state index in [1.54, 1.807) is 34.9 Å². The molecule has 3 rings (SSSR count). The normalized spacial score (nSPS) is 17.6. The summed E-state index contributed by atoms with van der Waals surface area (Å²) in [6, 6.07) is 8.74. The molecular formula is C16H18N2O3S3. The monoisotopic (exact) mass is 382 g/mol. The molecule has 2 heterocycles. The van der Waals surface area contributed by atoms with Gasteiger partial charge in [0.15, 0.2) is 0 Å². The van der Waals surface area contributed by atoms with Crippen LogP contribution in [0.1, 0.15) is 18.7 Å². The van der Waals surface area contributed by atoms with Crippen molar-refractivity contribution in [3.05, 3.63) is 40.6 Å². The lowest BCUT2D eigenvalue weighted by atomic mass is 10.2. The average molecular weight is 383 g/mol. The van der Waals surface area contributed by atoms with Crippen LogP contribution in [0.15, 0.2) is 45.5 Å². The van der Waals surface area contributed by atoms with Gasteiger partial charge in [0, 0.05) is 35.0 Å². The van der Waals surface area contributed by atoms with Gasteiger partial charge < -0.3 is 4.90 Å². The Morgan fingerprint density at radius 2 is 2.17 bits per heavy atom. The predicted octanol–water partition coefficient (Wildman–Crippen LogP) is 3.07. The molecule has 1 aromatic carbocycles. The Morgan fingerprint density at radius 1 is 1.38 bits per heavy atom. The maximum absolute atomic E-state index is 12.5. The van der Waals surface area contributed by atoms with Crippen molar-refractivity contribution in [1.29, 1.82) is 0 Å². The van der Waals surface area contributed by atoms with Gasteiger partial charge in [-0.05, 0) is 29.6 Å². The molecule has 0 aliphatic carbocycles. The van der Waals surface area contributed by atoms with E-state index < -0.39 is 10.0 Å². The van der Waals surface area contributed by atoms with E-state index in [0.29, 0.717) is 12.2 Å². The minimum atomic E-state index is -3.62. The lowest BCUT2D eigenvalue weighted by molar-refractivity contribution is -0.116. The van der Waals surface area contributed by atoms with E-state index in [-0.39, 0.29) is 22.6 Å². The molecule has 0 saturated carbocycles. The third-order valence-corrected chi connectivity index (χ3v) is 7.12. The summed E-state index contributed by atoms with van der Waals surface area (Å²) >= 11 is 3.16. The molecule has 128 valence electrons. The number of nitrogens with zero attached hydrogens (tertiary/aromatic N) is 1. The number of hydrogen-bond donors (Lipinski definition) is 1. The van der Waals surface area contributed by atoms with Crippen LogP contribution in [0.25, 0.3) is 0 Å². The predicted molar refractivity (Wildman–Crippen MR) is 98.1 cm³/mol. The van der Waals surface area contributed by atoms with Crippen molar-refractivity contribution in [2.45, 2.75) is 35.4 Å². The van der Waals surface area contributed by atoms with Crippen molar-refractivity contribution >= 4 is 44.7 Å². The summed E-state index contributed by atoms with van der Waals surface area (Å²) in [5.74, 6) is -0.0792. The largest absolute Gasteiger partial charge is 0.310 e. The lowest BCUT2D eigenvalue weighted by Crippen LogP contribution is -2.37. The van der Waals surface area contributed by atoms with Crippen molar-refractivity contribution < 1.29 is 13.2 Å². The molecular weight excluding hydrogens is 364 g/mol. The lowest BCUT2D eigenvalue weighted by Gasteiger charge is -2.32. The summed E-state index contributed by atoms with van der Waals surface area (Å²) in [5, 5.41) is 2.19. The Bertz CT molecular complexity index is 847. The topological polar surface area (TPSA) is 66.5 Å². The Labute approximate surface area is 150 Å². The van der Waals surface area contributed by atoms with E-state index in [9.17, 15) is 13.2 Å². The van der Waals surface area contributed by atoms with Crippen LogP contribution in [0.3, 0.4) is 0 Å². The third-order valence-electron chi connectivity index (χ3n) is 3.70. The first-order chi connectivity index (χ1) is 11.4.